The highest BCUT2D eigenvalue weighted by Crippen LogP contribution is 2.33. The van der Waals surface area contributed by atoms with Gasteiger partial charge in [0, 0.05) is 13.1 Å². The minimum Gasteiger partial charge on any atom is -0.497 e. The van der Waals surface area contributed by atoms with Gasteiger partial charge in [-0.15, -0.1) is 0 Å². The number of rotatable bonds is 13. The van der Waals surface area contributed by atoms with Crippen molar-refractivity contribution in [2.24, 2.45) is 11.8 Å². The summed E-state index contributed by atoms with van der Waals surface area (Å²) in [5.41, 5.74) is 0.862. The van der Waals surface area contributed by atoms with Crippen LogP contribution in [0.15, 0.2) is 59.5 Å². The first-order valence-corrected chi connectivity index (χ1v) is 15.4. The van der Waals surface area contributed by atoms with Crippen LogP contribution in [0.3, 0.4) is 0 Å². The van der Waals surface area contributed by atoms with E-state index in [-0.39, 0.29) is 49.1 Å². The molecule has 5 atom stereocenters. The summed E-state index contributed by atoms with van der Waals surface area (Å²) in [6, 6.07) is 13.8. The number of nitrogens with one attached hydrogen (secondary N) is 2. The topological polar surface area (TPSA) is 132 Å². The highest BCUT2D eigenvalue weighted by molar-refractivity contribution is 7.89. The maximum Gasteiger partial charge on any atom is 0.407 e. The van der Waals surface area contributed by atoms with Crippen LogP contribution in [0.25, 0.3) is 0 Å². The Labute approximate surface area is 248 Å². The number of methoxy groups -OCH3 is 1. The number of hydrogen-bond donors (Lipinski definition) is 2. The number of carbonyl (C=O) groups excluding carboxylic acids is 2. The van der Waals surface area contributed by atoms with Gasteiger partial charge in [0.25, 0.3) is 0 Å². The Kier molecular flexibility index (Phi) is 10.9. The van der Waals surface area contributed by atoms with Crippen molar-refractivity contribution in [2.75, 3.05) is 33.4 Å². The van der Waals surface area contributed by atoms with Gasteiger partial charge >= 0.3 is 6.09 Å². The SMILES string of the molecule is [B]C(=O)N[C@H](CN(CC(C)C)S(=O)(=O)c1ccc(OC)cc1)[C@H](Cc1ccccc1)NC(=O)O[C@H]1CO[C@H]2OCC[C@H]21. The number of amides is 2. The van der Waals surface area contributed by atoms with Crippen LogP contribution >= 0.6 is 0 Å². The second-order valence-electron chi connectivity index (χ2n) is 10.9. The number of sulfonamides is 1. The zero-order valence-electron chi connectivity index (χ0n) is 24.1. The number of alkyl carbamates (subject to hydrolysis) is 1. The summed E-state index contributed by atoms with van der Waals surface area (Å²) in [6.45, 7) is 4.56. The maximum absolute atomic E-state index is 13.8. The van der Waals surface area contributed by atoms with Gasteiger partial charge in [-0.25, -0.2) is 13.2 Å². The summed E-state index contributed by atoms with van der Waals surface area (Å²) < 4.78 is 51.0. The Morgan fingerprint density at radius 1 is 1.02 bits per heavy atom. The first-order valence-electron chi connectivity index (χ1n) is 14.0. The Hall–Kier alpha value is -3.13. The number of benzene rings is 2. The highest BCUT2D eigenvalue weighted by Gasteiger charge is 2.44. The zero-order valence-corrected chi connectivity index (χ0v) is 24.9. The van der Waals surface area contributed by atoms with Crippen LogP contribution in [0.4, 0.5) is 9.59 Å². The Morgan fingerprint density at radius 2 is 1.74 bits per heavy atom. The van der Waals surface area contributed by atoms with Gasteiger partial charge in [0.05, 0.1) is 43.2 Å². The van der Waals surface area contributed by atoms with Gasteiger partial charge in [0.15, 0.2) is 12.1 Å². The quantitative estimate of drug-likeness (QED) is 0.336. The van der Waals surface area contributed by atoms with Gasteiger partial charge in [-0.05, 0) is 48.6 Å². The predicted octanol–water partition coefficient (Wildman–Crippen LogP) is 2.69. The third-order valence-electron chi connectivity index (χ3n) is 7.32. The van der Waals surface area contributed by atoms with Crippen molar-refractivity contribution in [1.29, 1.82) is 0 Å². The van der Waals surface area contributed by atoms with E-state index in [0.717, 1.165) is 12.0 Å². The van der Waals surface area contributed by atoms with E-state index >= 15 is 0 Å². The molecule has 226 valence electrons. The fraction of sp³-hybridized carbons (Fsp3) is 0.517. The van der Waals surface area contributed by atoms with E-state index in [1.165, 1.54) is 23.5 Å². The number of nitrogens with zero attached hydrogens (tertiary/aromatic N) is 1. The van der Waals surface area contributed by atoms with Gasteiger partial charge < -0.3 is 29.6 Å². The molecule has 0 aromatic heterocycles. The fourth-order valence-corrected chi connectivity index (χ4v) is 6.91. The van der Waals surface area contributed by atoms with Crippen LogP contribution in [-0.2, 0) is 30.7 Å². The van der Waals surface area contributed by atoms with Gasteiger partial charge in [-0.2, -0.15) is 4.31 Å². The first kappa shape index (κ1) is 31.8. The fourth-order valence-electron chi connectivity index (χ4n) is 5.28. The van der Waals surface area contributed by atoms with Crippen molar-refractivity contribution in [2.45, 2.75) is 56.1 Å². The molecule has 2 N–H and O–H groups in total. The molecule has 2 aliphatic heterocycles. The summed E-state index contributed by atoms with van der Waals surface area (Å²) in [5, 5.41) is 5.56. The van der Waals surface area contributed by atoms with E-state index in [4.69, 9.17) is 26.8 Å². The maximum atomic E-state index is 13.8. The van der Waals surface area contributed by atoms with Crippen molar-refractivity contribution in [3.05, 3.63) is 60.2 Å². The Bertz CT molecular complexity index is 1300. The normalized spacial score (nSPS) is 21.5. The van der Waals surface area contributed by atoms with Crippen LogP contribution in [0.5, 0.6) is 5.75 Å². The van der Waals surface area contributed by atoms with Crippen LogP contribution in [0.2, 0.25) is 0 Å². The minimum atomic E-state index is -4.00. The van der Waals surface area contributed by atoms with Crippen molar-refractivity contribution in [3.8, 4) is 5.75 Å². The van der Waals surface area contributed by atoms with Crippen molar-refractivity contribution in [1.82, 2.24) is 14.9 Å². The minimum absolute atomic E-state index is 0.0401. The summed E-state index contributed by atoms with van der Waals surface area (Å²) in [6.07, 6.45) is -0.586. The molecule has 11 nitrogen and oxygen atoms in total. The molecular weight excluding hydrogens is 561 g/mol. The molecule has 13 heteroatoms. The van der Waals surface area contributed by atoms with Crippen LogP contribution in [0, 0.1) is 11.8 Å². The summed E-state index contributed by atoms with van der Waals surface area (Å²) in [4.78, 5) is 25.5. The molecular formula is C29H38BN3O8S. The van der Waals surface area contributed by atoms with Crippen LogP contribution in [0.1, 0.15) is 25.8 Å². The molecule has 2 amide bonds. The second-order valence-corrected chi connectivity index (χ2v) is 12.9. The van der Waals surface area contributed by atoms with E-state index in [2.05, 4.69) is 10.6 Å². The summed E-state index contributed by atoms with van der Waals surface area (Å²) >= 11 is 0. The smallest absolute Gasteiger partial charge is 0.407 e. The number of ether oxygens (including phenoxy) is 4. The third kappa shape index (κ3) is 8.24. The van der Waals surface area contributed by atoms with Crippen molar-refractivity contribution < 1.29 is 37.0 Å². The molecule has 2 heterocycles. The first-order chi connectivity index (χ1) is 20.1. The molecule has 0 unspecified atom stereocenters. The Morgan fingerprint density at radius 3 is 2.38 bits per heavy atom. The van der Waals surface area contributed by atoms with Gasteiger partial charge in [0.2, 0.25) is 17.9 Å². The largest absolute Gasteiger partial charge is 0.497 e. The molecule has 2 aromatic carbocycles. The standard InChI is InChI=1S/C29H38BN3O8S/c1-19(2)16-33(42(36,37)22-11-9-21(38-3)10-12-22)17-25(31-28(30)34)24(15-20-7-5-4-6-8-20)32-29(35)41-26-18-40-27-23(26)13-14-39-27/h4-12,19,23-27H,13-18H2,1-3H3,(H,31,34)(H,32,35)/t23-,24-,25+,26-,27+/m0/s1. The van der Waals surface area contributed by atoms with Crippen LogP contribution in [-0.4, -0.2) is 90.4 Å². The summed E-state index contributed by atoms with van der Waals surface area (Å²) in [5.74, 6) is -0.429. The van der Waals surface area contributed by atoms with Crippen molar-refractivity contribution >= 4 is 29.8 Å². The van der Waals surface area contributed by atoms with Gasteiger partial charge in [-0.1, -0.05) is 44.2 Å². The number of fused-ring (bicyclic) bond motifs is 1. The number of hydrogen-bond acceptors (Lipinski definition) is 8. The van der Waals surface area contributed by atoms with Crippen LogP contribution < -0.4 is 15.4 Å². The highest BCUT2D eigenvalue weighted by atomic mass is 32.2. The lowest BCUT2D eigenvalue weighted by atomic mass is 9.97. The molecule has 4 rings (SSSR count). The molecule has 0 saturated carbocycles. The Balaban J connectivity index is 1.60. The number of carbonyl (C=O) groups is 2. The molecule has 2 aromatic rings. The lowest BCUT2D eigenvalue weighted by Crippen LogP contribution is -2.58. The lowest BCUT2D eigenvalue weighted by molar-refractivity contribution is -0.0907. The average Bonchev–Trinajstić information content (AvgIpc) is 3.57. The summed E-state index contributed by atoms with van der Waals surface area (Å²) in [7, 11) is 3.06. The third-order valence-corrected chi connectivity index (χ3v) is 9.17. The monoisotopic (exact) mass is 599 g/mol. The van der Waals surface area contributed by atoms with E-state index in [0.29, 0.717) is 12.4 Å². The average molecular weight is 600 g/mol. The molecule has 0 bridgehead atoms. The molecule has 2 aliphatic rings. The van der Waals surface area contributed by atoms with Crippen molar-refractivity contribution in [3.63, 3.8) is 0 Å². The molecule has 2 radical (unpaired) electrons. The molecule has 0 aliphatic carbocycles. The predicted molar refractivity (Wildman–Crippen MR) is 156 cm³/mol. The zero-order chi connectivity index (χ0) is 30.3. The van der Waals surface area contributed by atoms with E-state index < -0.39 is 40.1 Å². The van der Waals surface area contributed by atoms with E-state index in [1.807, 2.05) is 44.2 Å². The molecule has 0 spiro atoms. The van der Waals surface area contributed by atoms with E-state index in [9.17, 15) is 18.0 Å². The van der Waals surface area contributed by atoms with Gasteiger partial charge in [0.1, 0.15) is 11.9 Å². The molecule has 2 saturated heterocycles. The molecule has 42 heavy (non-hydrogen) atoms. The second kappa shape index (κ2) is 14.4. The molecule has 2 fully saturated rings. The lowest BCUT2D eigenvalue weighted by Gasteiger charge is -2.34. The van der Waals surface area contributed by atoms with Gasteiger partial charge in [-0.3, -0.25) is 4.79 Å². The van der Waals surface area contributed by atoms with E-state index in [1.54, 1.807) is 12.1 Å².